The van der Waals surface area contributed by atoms with Gasteiger partial charge in [0, 0.05) is 11.5 Å². The molecule has 0 saturated heterocycles. The van der Waals surface area contributed by atoms with Crippen LogP contribution in [0.15, 0.2) is 54.9 Å². The van der Waals surface area contributed by atoms with Crippen LogP contribution in [0.3, 0.4) is 0 Å². The maximum Gasteiger partial charge on any atom is 0.412 e. The molecule has 3 aromatic rings. The van der Waals surface area contributed by atoms with Crippen LogP contribution in [-0.4, -0.2) is 33.7 Å². The van der Waals surface area contributed by atoms with Crippen molar-refractivity contribution in [2.45, 2.75) is 12.3 Å². The number of benzene rings is 2. The fourth-order valence-electron chi connectivity index (χ4n) is 3.54. The highest BCUT2D eigenvalue weighted by Crippen LogP contribution is 2.44. The number of anilines is 1. The number of aliphatic carboxylic acids is 1. The predicted molar refractivity (Wildman–Crippen MR) is 107 cm³/mol. The van der Waals surface area contributed by atoms with E-state index >= 15 is 0 Å². The van der Waals surface area contributed by atoms with Gasteiger partial charge in [-0.05, 0) is 22.3 Å². The Balaban J connectivity index is 1.50. The second kappa shape index (κ2) is 7.89. The molecular weight excluding hydrogens is 394 g/mol. The largest absolute Gasteiger partial charge is 0.481 e. The molecule has 1 aliphatic rings. The smallest absolute Gasteiger partial charge is 0.412 e. The molecule has 1 aliphatic carbocycles. The zero-order valence-electron chi connectivity index (χ0n) is 15.1. The molecule has 0 radical (unpaired) electrons. The van der Waals surface area contributed by atoms with Crippen molar-refractivity contribution in [1.29, 1.82) is 0 Å². The van der Waals surface area contributed by atoms with E-state index in [0.717, 1.165) is 28.6 Å². The van der Waals surface area contributed by atoms with Gasteiger partial charge in [0.1, 0.15) is 23.9 Å². The standard InChI is InChI=1S/C21H16ClN3O4/c22-19-16(9-18(26)27)20(24-11-23-19)25-21(28)29-10-17-14-7-3-1-5-12(14)13-6-2-4-8-15(13)17/h1-8,11,17H,9-10H2,(H,26,27)(H,23,24,25,28). The number of aromatic nitrogens is 2. The summed E-state index contributed by atoms with van der Waals surface area (Å²) in [6.45, 7) is 0.132. The van der Waals surface area contributed by atoms with Crippen molar-refractivity contribution in [1.82, 2.24) is 9.97 Å². The van der Waals surface area contributed by atoms with Crippen LogP contribution in [0.5, 0.6) is 0 Å². The molecule has 0 unspecified atom stereocenters. The zero-order valence-corrected chi connectivity index (χ0v) is 15.9. The SMILES string of the molecule is O=C(O)Cc1c(Cl)ncnc1NC(=O)OCC1c2ccccc2-c2ccccc21. The van der Waals surface area contributed by atoms with Crippen molar-refractivity contribution in [3.8, 4) is 11.1 Å². The molecule has 2 N–H and O–H groups in total. The molecule has 0 aliphatic heterocycles. The third-order valence-corrected chi connectivity index (χ3v) is 5.11. The number of amides is 1. The molecule has 0 fully saturated rings. The fourth-order valence-corrected chi connectivity index (χ4v) is 3.74. The van der Waals surface area contributed by atoms with Gasteiger partial charge in [-0.25, -0.2) is 14.8 Å². The number of carbonyl (C=O) groups excluding carboxylic acids is 1. The number of nitrogens with zero attached hydrogens (tertiary/aromatic N) is 2. The van der Waals surface area contributed by atoms with E-state index in [4.69, 9.17) is 21.4 Å². The minimum absolute atomic E-state index is 0.0182. The van der Waals surface area contributed by atoms with Crippen LogP contribution in [0.1, 0.15) is 22.6 Å². The number of ether oxygens (including phenoxy) is 1. The second-order valence-corrected chi connectivity index (χ2v) is 6.87. The van der Waals surface area contributed by atoms with Crippen LogP contribution in [-0.2, 0) is 16.0 Å². The molecule has 8 heteroatoms. The van der Waals surface area contributed by atoms with Crippen LogP contribution < -0.4 is 5.32 Å². The Hall–Kier alpha value is -3.45. The first-order valence-electron chi connectivity index (χ1n) is 8.87. The first-order chi connectivity index (χ1) is 14.0. The third-order valence-electron chi connectivity index (χ3n) is 4.78. The third kappa shape index (κ3) is 3.77. The van der Waals surface area contributed by atoms with Gasteiger partial charge in [0.2, 0.25) is 0 Å². The summed E-state index contributed by atoms with van der Waals surface area (Å²) in [5.74, 6) is -1.18. The Morgan fingerprint density at radius 3 is 2.28 bits per heavy atom. The molecular formula is C21H16ClN3O4. The van der Waals surface area contributed by atoms with Crippen molar-refractivity contribution in [2.75, 3.05) is 11.9 Å². The number of carboxylic acids is 1. The average Bonchev–Trinajstić information content (AvgIpc) is 3.03. The lowest BCUT2D eigenvalue weighted by Gasteiger charge is -2.15. The number of nitrogens with one attached hydrogen (secondary N) is 1. The lowest BCUT2D eigenvalue weighted by atomic mass is 9.98. The molecule has 4 rings (SSSR count). The summed E-state index contributed by atoms with van der Waals surface area (Å²) in [5, 5.41) is 11.5. The van der Waals surface area contributed by atoms with Crippen LogP contribution in [0.2, 0.25) is 5.15 Å². The zero-order chi connectivity index (χ0) is 20.4. The lowest BCUT2D eigenvalue weighted by Crippen LogP contribution is -2.20. The van der Waals surface area contributed by atoms with E-state index < -0.39 is 18.5 Å². The number of fused-ring (bicyclic) bond motifs is 3. The van der Waals surface area contributed by atoms with Gasteiger partial charge in [0.15, 0.2) is 0 Å². The number of halogens is 1. The fraction of sp³-hybridized carbons (Fsp3) is 0.143. The molecule has 146 valence electrons. The van der Waals surface area contributed by atoms with Crippen molar-refractivity contribution < 1.29 is 19.4 Å². The highest BCUT2D eigenvalue weighted by atomic mass is 35.5. The maximum absolute atomic E-state index is 12.4. The van der Waals surface area contributed by atoms with Gasteiger partial charge < -0.3 is 9.84 Å². The van der Waals surface area contributed by atoms with Crippen LogP contribution in [0.25, 0.3) is 11.1 Å². The second-order valence-electron chi connectivity index (χ2n) is 6.51. The monoisotopic (exact) mass is 409 g/mol. The molecule has 29 heavy (non-hydrogen) atoms. The van der Waals surface area contributed by atoms with E-state index in [9.17, 15) is 9.59 Å². The van der Waals surface area contributed by atoms with Gasteiger partial charge in [0.05, 0.1) is 6.42 Å². The summed E-state index contributed by atoms with van der Waals surface area (Å²) in [4.78, 5) is 31.1. The lowest BCUT2D eigenvalue weighted by molar-refractivity contribution is -0.136. The Bertz CT molecular complexity index is 1060. The number of carbonyl (C=O) groups is 2. The maximum atomic E-state index is 12.4. The molecule has 0 spiro atoms. The normalized spacial score (nSPS) is 12.2. The predicted octanol–water partition coefficient (Wildman–Crippen LogP) is 4.12. The number of rotatable bonds is 5. The molecule has 1 amide bonds. The van der Waals surface area contributed by atoms with Gasteiger partial charge >= 0.3 is 12.1 Å². The minimum Gasteiger partial charge on any atom is -0.481 e. The highest BCUT2D eigenvalue weighted by Gasteiger charge is 2.29. The molecule has 0 saturated carbocycles. The summed E-state index contributed by atoms with van der Waals surface area (Å²) >= 11 is 5.94. The van der Waals surface area contributed by atoms with Crippen LogP contribution in [0.4, 0.5) is 10.6 Å². The van der Waals surface area contributed by atoms with Crippen molar-refractivity contribution >= 4 is 29.5 Å². The number of hydrogen-bond acceptors (Lipinski definition) is 5. The van der Waals surface area contributed by atoms with Crippen molar-refractivity contribution in [3.05, 3.63) is 76.7 Å². The Labute approximate surface area is 171 Å². The van der Waals surface area contributed by atoms with Crippen molar-refractivity contribution in [2.24, 2.45) is 0 Å². The molecule has 0 atom stereocenters. The molecule has 2 aromatic carbocycles. The summed E-state index contributed by atoms with van der Waals surface area (Å²) in [7, 11) is 0. The molecule has 7 nitrogen and oxygen atoms in total. The number of hydrogen-bond donors (Lipinski definition) is 2. The Morgan fingerprint density at radius 2 is 1.66 bits per heavy atom. The molecule has 1 aromatic heterocycles. The van der Waals surface area contributed by atoms with E-state index in [1.165, 1.54) is 0 Å². The Kier molecular flexibility index (Phi) is 5.14. The summed E-state index contributed by atoms with van der Waals surface area (Å²) in [6.07, 6.45) is -0.0147. The summed E-state index contributed by atoms with van der Waals surface area (Å²) in [5.41, 5.74) is 4.57. The van der Waals surface area contributed by atoms with E-state index in [2.05, 4.69) is 27.4 Å². The van der Waals surface area contributed by atoms with E-state index in [0.29, 0.717) is 0 Å². The van der Waals surface area contributed by atoms with Crippen LogP contribution in [0, 0.1) is 0 Å². The first-order valence-corrected chi connectivity index (χ1v) is 9.25. The first kappa shape index (κ1) is 18.9. The van der Waals surface area contributed by atoms with E-state index in [-0.39, 0.29) is 29.1 Å². The summed E-state index contributed by atoms with van der Waals surface area (Å²) < 4.78 is 5.44. The quantitative estimate of drug-likeness (QED) is 0.615. The Morgan fingerprint density at radius 1 is 1.03 bits per heavy atom. The minimum atomic E-state index is -1.11. The van der Waals surface area contributed by atoms with Gasteiger partial charge in [0.25, 0.3) is 0 Å². The van der Waals surface area contributed by atoms with Crippen molar-refractivity contribution in [3.63, 3.8) is 0 Å². The van der Waals surface area contributed by atoms with Gasteiger partial charge in [-0.1, -0.05) is 60.1 Å². The van der Waals surface area contributed by atoms with E-state index in [1.54, 1.807) is 0 Å². The van der Waals surface area contributed by atoms with Gasteiger partial charge in [-0.15, -0.1) is 0 Å². The van der Waals surface area contributed by atoms with E-state index in [1.807, 2.05) is 36.4 Å². The average molecular weight is 410 g/mol. The van der Waals surface area contributed by atoms with Crippen LogP contribution >= 0.6 is 11.6 Å². The number of carboxylic acid groups (broad SMARTS) is 1. The van der Waals surface area contributed by atoms with Gasteiger partial charge in [-0.3, -0.25) is 10.1 Å². The van der Waals surface area contributed by atoms with Gasteiger partial charge in [-0.2, -0.15) is 0 Å². The summed E-state index contributed by atoms with van der Waals surface area (Å²) in [6, 6.07) is 16.0. The molecule has 1 heterocycles. The topological polar surface area (TPSA) is 101 Å². The molecule has 0 bridgehead atoms. The highest BCUT2D eigenvalue weighted by molar-refractivity contribution is 6.30.